The van der Waals surface area contributed by atoms with Gasteiger partial charge >= 0.3 is 5.97 Å². The Labute approximate surface area is 111 Å². The normalized spacial score (nSPS) is 11.0. The Morgan fingerprint density at radius 3 is 2.82 bits per heavy atom. The molecule has 3 nitrogen and oxygen atoms in total. The number of hydrogen-bond acceptors (Lipinski definition) is 2. The van der Waals surface area contributed by atoms with E-state index in [0.29, 0.717) is 27.1 Å². The molecule has 0 amide bonds. The molecule has 1 aromatic heterocycles. The zero-order valence-electron chi connectivity index (χ0n) is 9.09. The first kappa shape index (κ1) is 12.5. The van der Waals surface area contributed by atoms with Gasteiger partial charge in [-0.3, -0.25) is 0 Å². The number of carbonyl (C=O) groups is 1. The first-order valence-corrected chi connectivity index (χ1v) is 6.35. The number of aromatic carboxylic acids is 1. The van der Waals surface area contributed by atoms with Crippen molar-refractivity contribution < 1.29 is 14.3 Å². The third-order valence-electron chi connectivity index (χ3n) is 2.51. The Balaban J connectivity index is 2.79. The van der Waals surface area contributed by atoms with E-state index in [0.717, 1.165) is 11.8 Å². The molecule has 2 rings (SSSR count). The van der Waals surface area contributed by atoms with Gasteiger partial charge in [-0.2, -0.15) is 0 Å². The number of aryl methyl sites for hydroxylation is 1. The third kappa shape index (κ3) is 2.19. The lowest BCUT2D eigenvalue weighted by atomic mass is 10.1. The average Bonchev–Trinajstić information content (AvgIpc) is 2.58. The molecular formula is C12H10BrClO3. The standard InChI is InChI=1S/C12H10BrClO3/c1-2-3-7-8-4-6(14)5-9(13)10(8)17-11(7)12(15)16/h4-5H,2-3H2,1H3,(H,15,16). The molecule has 0 aliphatic carbocycles. The molecule has 17 heavy (non-hydrogen) atoms. The minimum atomic E-state index is -1.05. The van der Waals surface area contributed by atoms with Gasteiger partial charge in [-0.15, -0.1) is 0 Å². The Morgan fingerprint density at radius 2 is 2.24 bits per heavy atom. The van der Waals surface area contributed by atoms with Crippen molar-refractivity contribution in [1.82, 2.24) is 0 Å². The van der Waals surface area contributed by atoms with Crippen LogP contribution in [-0.4, -0.2) is 11.1 Å². The van der Waals surface area contributed by atoms with E-state index >= 15 is 0 Å². The first-order valence-electron chi connectivity index (χ1n) is 5.18. The first-order chi connectivity index (χ1) is 8.04. The molecule has 0 aliphatic rings. The molecule has 0 radical (unpaired) electrons. The van der Waals surface area contributed by atoms with Crippen LogP contribution in [0.5, 0.6) is 0 Å². The summed E-state index contributed by atoms with van der Waals surface area (Å²) in [6, 6.07) is 3.43. The summed E-state index contributed by atoms with van der Waals surface area (Å²) in [6.45, 7) is 1.99. The van der Waals surface area contributed by atoms with Crippen LogP contribution < -0.4 is 0 Å². The summed E-state index contributed by atoms with van der Waals surface area (Å²) in [7, 11) is 0. The van der Waals surface area contributed by atoms with Crippen LogP contribution in [0.4, 0.5) is 0 Å². The van der Waals surface area contributed by atoms with Gasteiger partial charge < -0.3 is 9.52 Å². The molecule has 1 aromatic carbocycles. The molecule has 0 atom stereocenters. The largest absolute Gasteiger partial charge is 0.475 e. The lowest BCUT2D eigenvalue weighted by Gasteiger charge is -1.98. The fraction of sp³-hybridized carbons (Fsp3) is 0.250. The van der Waals surface area contributed by atoms with Gasteiger partial charge in [0.25, 0.3) is 0 Å². The van der Waals surface area contributed by atoms with Gasteiger partial charge in [-0.1, -0.05) is 24.9 Å². The highest BCUT2D eigenvalue weighted by atomic mass is 79.9. The smallest absolute Gasteiger partial charge is 0.372 e. The molecule has 0 aliphatic heterocycles. The number of carboxylic acids is 1. The molecule has 5 heteroatoms. The topological polar surface area (TPSA) is 50.4 Å². The van der Waals surface area contributed by atoms with Gasteiger partial charge in [0.1, 0.15) is 5.58 Å². The van der Waals surface area contributed by atoms with Crippen LogP contribution in [-0.2, 0) is 6.42 Å². The van der Waals surface area contributed by atoms with Gasteiger partial charge in [-0.25, -0.2) is 4.79 Å². The van der Waals surface area contributed by atoms with E-state index in [1.165, 1.54) is 0 Å². The lowest BCUT2D eigenvalue weighted by Crippen LogP contribution is -1.98. The van der Waals surface area contributed by atoms with Crippen molar-refractivity contribution in [3.05, 3.63) is 33.0 Å². The maximum atomic E-state index is 11.1. The number of furan rings is 1. The molecule has 0 unspecified atom stereocenters. The number of halogens is 2. The van der Waals surface area contributed by atoms with Crippen molar-refractivity contribution in [3.8, 4) is 0 Å². The second kappa shape index (κ2) is 4.70. The van der Waals surface area contributed by atoms with Gasteiger partial charge in [-0.05, 0) is 34.5 Å². The minimum Gasteiger partial charge on any atom is -0.475 e. The van der Waals surface area contributed by atoms with Gasteiger partial charge in [0.15, 0.2) is 0 Å². The lowest BCUT2D eigenvalue weighted by molar-refractivity contribution is 0.0663. The van der Waals surface area contributed by atoms with Crippen LogP contribution in [0.25, 0.3) is 11.0 Å². The van der Waals surface area contributed by atoms with Crippen LogP contribution in [0.15, 0.2) is 21.0 Å². The molecule has 1 heterocycles. The molecule has 1 N–H and O–H groups in total. The number of carboxylic acid groups (broad SMARTS) is 1. The second-order valence-electron chi connectivity index (χ2n) is 3.73. The molecule has 0 bridgehead atoms. The SMILES string of the molecule is CCCc1c(C(=O)O)oc2c(Br)cc(Cl)cc12. The quantitative estimate of drug-likeness (QED) is 0.906. The molecule has 2 aromatic rings. The van der Waals surface area contributed by atoms with Crippen LogP contribution in [0.2, 0.25) is 5.02 Å². The Kier molecular flexibility index (Phi) is 3.45. The van der Waals surface area contributed by atoms with E-state index in [-0.39, 0.29) is 5.76 Å². The van der Waals surface area contributed by atoms with Gasteiger partial charge in [0, 0.05) is 16.0 Å². The summed E-state index contributed by atoms with van der Waals surface area (Å²) < 4.78 is 6.07. The third-order valence-corrected chi connectivity index (χ3v) is 3.31. The van der Waals surface area contributed by atoms with Crippen molar-refractivity contribution in [2.45, 2.75) is 19.8 Å². The summed E-state index contributed by atoms with van der Waals surface area (Å²) >= 11 is 9.29. The average molecular weight is 318 g/mol. The predicted molar refractivity (Wildman–Crippen MR) is 69.9 cm³/mol. The summed E-state index contributed by atoms with van der Waals surface area (Å²) in [5.41, 5.74) is 1.24. The molecule has 0 saturated heterocycles. The molecular weight excluding hydrogens is 307 g/mol. The highest BCUT2D eigenvalue weighted by Crippen LogP contribution is 2.35. The summed E-state index contributed by atoms with van der Waals surface area (Å²) in [4.78, 5) is 11.1. The van der Waals surface area contributed by atoms with Crippen LogP contribution in [0.3, 0.4) is 0 Å². The summed E-state index contributed by atoms with van der Waals surface area (Å²) in [6.07, 6.45) is 1.50. The van der Waals surface area contributed by atoms with Crippen molar-refractivity contribution >= 4 is 44.5 Å². The Hall–Kier alpha value is -1.00. The second-order valence-corrected chi connectivity index (χ2v) is 5.02. The molecule has 0 spiro atoms. The van der Waals surface area contributed by atoms with E-state index in [9.17, 15) is 4.79 Å². The minimum absolute atomic E-state index is 0.00446. The number of fused-ring (bicyclic) bond motifs is 1. The number of benzene rings is 1. The van der Waals surface area contributed by atoms with Crippen molar-refractivity contribution in [3.63, 3.8) is 0 Å². The fourth-order valence-electron chi connectivity index (χ4n) is 1.85. The zero-order valence-corrected chi connectivity index (χ0v) is 11.4. The van der Waals surface area contributed by atoms with Crippen molar-refractivity contribution in [2.24, 2.45) is 0 Å². The monoisotopic (exact) mass is 316 g/mol. The fourth-order valence-corrected chi connectivity index (χ4v) is 2.74. The van der Waals surface area contributed by atoms with E-state index in [1.807, 2.05) is 6.92 Å². The van der Waals surface area contributed by atoms with E-state index in [1.54, 1.807) is 12.1 Å². The number of hydrogen-bond donors (Lipinski definition) is 1. The summed E-state index contributed by atoms with van der Waals surface area (Å²) in [5.74, 6) is -1.04. The molecule has 90 valence electrons. The maximum absolute atomic E-state index is 11.1. The van der Waals surface area contributed by atoms with Gasteiger partial charge in [0.05, 0.1) is 4.47 Å². The van der Waals surface area contributed by atoms with Crippen LogP contribution >= 0.6 is 27.5 Å². The zero-order chi connectivity index (χ0) is 12.6. The number of rotatable bonds is 3. The Morgan fingerprint density at radius 1 is 1.53 bits per heavy atom. The van der Waals surface area contributed by atoms with Crippen LogP contribution in [0, 0.1) is 0 Å². The van der Waals surface area contributed by atoms with Gasteiger partial charge in [0.2, 0.25) is 5.76 Å². The highest BCUT2D eigenvalue weighted by Gasteiger charge is 2.20. The molecule has 0 fully saturated rings. The Bertz CT molecular complexity index is 589. The van der Waals surface area contributed by atoms with E-state index in [2.05, 4.69) is 15.9 Å². The van der Waals surface area contributed by atoms with E-state index in [4.69, 9.17) is 21.1 Å². The predicted octanol–water partition coefficient (Wildman–Crippen LogP) is 4.50. The van der Waals surface area contributed by atoms with Crippen LogP contribution in [0.1, 0.15) is 29.5 Å². The van der Waals surface area contributed by atoms with E-state index < -0.39 is 5.97 Å². The summed E-state index contributed by atoms with van der Waals surface area (Å²) in [5, 5.41) is 10.4. The maximum Gasteiger partial charge on any atom is 0.372 e. The molecule has 0 saturated carbocycles. The van der Waals surface area contributed by atoms with Crippen molar-refractivity contribution in [1.29, 1.82) is 0 Å². The highest BCUT2D eigenvalue weighted by molar-refractivity contribution is 9.10. The van der Waals surface area contributed by atoms with Crippen molar-refractivity contribution in [2.75, 3.05) is 0 Å².